The first-order chi connectivity index (χ1) is 30.3. The molecule has 0 radical (unpaired) electrons. The SMILES string of the molecule is c1ccc(-c2nc(-c3ccccc3)nc(-c3cc4ccccc4cc3-c3cccc4c3-c3ccccc3C43c4ccccc4-c4c3c3ccccc3c3ccccc43)n2)cc1. The van der Waals surface area contributed by atoms with Crippen molar-refractivity contribution in [1.29, 1.82) is 0 Å². The summed E-state index contributed by atoms with van der Waals surface area (Å²) in [6, 6.07) is 76.9. The second kappa shape index (κ2) is 13.0. The summed E-state index contributed by atoms with van der Waals surface area (Å²) in [5.41, 5.74) is 15.0. The van der Waals surface area contributed by atoms with Crippen molar-refractivity contribution in [2.24, 2.45) is 0 Å². The van der Waals surface area contributed by atoms with E-state index in [0.717, 1.165) is 38.6 Å². The van der Waals surface area contributed by atoms with Gasteiger partial charge < -0.3 is 0 Å². The molecule has 10 aromatic carbocycles. The fourth-order valence-electron chi connectivity index (χ4n) is 10.7. The fourth-order valence-corrected chi connectivity index (χ4v) is 10.7. The molecule has 61 heavy (non-hydrogen) atoms. The molecule has 1 spiro atoms. The van der Waals surface area contributed by atoms with Crippen LogP contribution in [0.15, 0.2) is 212 Å². The maximum absolute atomic E-state index is 5.30. The Hall–Kier alpha value is -8.01. The van der Waals surface area contributed by atoms with E-state index in [1.54, 1.807) is 0 Å². The monoisotopic (exact) mass is 773 g/mol. The van der Waals surface area contributed by atoms with E-state index in [4.69, 9.17) is 15.0 Å². The highest BCUT2D eigenvalue weighted by Crippen LogP contribution is 2.66. The van der Waals surface area contributed by atoms with Crippen LogP contribution in [0.1, 0.15) is 22.3 Å². The van der Waals surface area contributed by atoms with Crippen LogP contribution in [0.5, 0.6) is 0 Å². The highest BCUT2D eigenvalue weighted by molar-refractivity contribution is 6.20. The summed E-state index contributed by atoms with van der Waals surface area (Å²) in [5, 5.41) is 7.44. The third kappa shape index (κ3) is 4.77. The van der Waals surface area contributed by atoms with Gasteiger partial charge in [-0.2, -0.15) is 0 Å². The zero-order chi connectivity index (χ0) is 40.1. The summed E-state index contributed by atoms with van der Waals surface area (Å²) < 4.78 is 0. The highest BCUT2D eigenvalue weighted by Gasteiger charge is 2.53. The lowest BCUT2D eigenvalue weighted by Crippen LogP contribution is -2.26. The van der Waals surface area contributed by atoms with Gasteiger partial charge in [-0.1, -0.05) is 200 Å². The van der Waals surface area contributed by atoms with Gasteiger partial charge in [0.1, 0.15) is 0 Å². The number of benzene rings is 10. The number of nitrogens with zero attached hydrogens (tertiary/aromatic N) is 3. The first-order valence-corrected chi connectivity index (χ1v) is 20.9. The van der Waals surface area contributed by atoms with Gasteiger partial charge in [-0.15, -0.1) is 0 Å². The van der Waals surface area contributed by atoms with Crippen LogP contribution in [0.25, 0.3) is 99.9 Å². The van der Waals surface area contributed by atoms with Gasteiger partial charge in [0.25, 0.3) is 0 Å². The lowest BCUT2D eigenvalue weighted by molar-refractivity contribution is 0.802. The number of hydrogen-bond donors (Lipinski definition) is 0. The van der Waals surface area contributed by atoms with Crippen molar-refractivity contribution in [3.63, 3.8) is 0 Å². The molecule has 1 atom stereocenters. The summed E-state index contributed by atoms with van der Waals surface area (Å²) in [6.07, 6.45) is 0. The van der Waals surface area contributed by atoms with Gasteiger partial charge in [-0.25, -0.2) is 15.0 Å². The quantitative estimate of drug-likeness (QED) is 0.167. The van der Waals surface area contributed by atoms with Crippen LogP contribution in [0.3, 0.4) is 0 Å². The summed E-state index contributed by atoms with van der Waals surface area (Å²) >= 11 is 0. The van der Waals surface area contributed by atoms with Crippen LogP contribution in [-0.2, 0) is 5.41 Å². The first kappa shape index (κ1) is 33.9. The van der Waals surface area contributed by atoms with E-state index in [2.05, 4.69) is 176 Å². The van der Waals surface area contributed by atoms with Crippen LogP contribution < -0.4 is 0 Å². The smallest absolute Gasteiger partial charge is 0.164 e. The Morgan fingerprint density at radius 1 is 0.279 bits per heavy atom. The van der Waals surface area contributed by atoms with Crippen molar-refractivity contribution in [2.75, 3.05) is 0 Å². The predicted octanol–water partition coefficient (Wildman–Crippen LogP) is 14.3. The van der Waals surface area contributed by atoms with Crippen LogP contribution in [0.2, 0.25) is 0 Å². The molecule has 0 fully saturated rings. The van der Waals surface area contributed by atoms with Crippen molar-refractivity contribution < 1.29 is 0 Å². The van der Waals surface area contributed by atoms with E-state index >= 15 is 0 Å². The minimum atomic E-state index is -0.553. The molecule has 3 heteroatoms. The Labute approximate surface area is 353 Å². The number of aromatic nitrogens is 3. The van der Waals surface area contributed by atoms with E-state index in [1.807, 2.05) is 36.4 Å². The third-order valence-electron chi connectivity index (χ3n) is 13.1. The molecule has 1 aromatic heterocycles. The Bertz CT molecular complexity index is 3540. The number of fused-ring (bicyclic) bond motifs is 16. The molecular weight excluding hydrogens is 739 g/mol. The lowest BCUT2D eigenvalue weighted by Gasteiger charge is -2.32. The molecule has 0 saturated carbocycles. The zero-order valence-electron chi connectivity index (χ0n) is 33.0. The second-order valence-electron chi connectivity index (χ2n) is 16.2. The third-order valence-corrected chi connectivity index (χ3v) is 13.1. The molecule has 11 aromatic rings. The first-order valence-electron chi connectivity index (χ1n) is 20.9. The van der Waals surface area contributed by atoms with Gasteiger partial charge in [0.2, 0.25) is 0 Å². The summed E-state index contributed by atoms with van der Waals surface area (Å²) in [6.45, 7) is 0. The van der Waals surface area contributed by atoms with Crippen molar-refractivity contribution in [3.05, 3.63) is 235 Å². The van der Waals surface area contributed by atoms with Crippen LogP contribution in [-0.4, -0.2) is 15.0 Å². The molecule has 0 bridgehead atoms. The minimum Gasteiger partial charge on any atom is -0.208 e. The van der Waals surface area contributed by atoms with Gasteiger partial charge in [0.05, 0.1) is 5.41 Å². The van der Waals surface area contributed by atoms with Crippen molar-refractivity contribution >= 4 is 32.3 Å². The maximum atomic E-state index is 5.30. The molecular formula is C58H35N3. The Balaban J connectivity index is 1.15. The van der Waals surface area contributed by atoms with Crippen LogP contribution in [0, 0.1) is 0 Å². The second-order valence-corrected chi connectivity index (χ2v) is 16.2. The van der Waals surface area contributed by atoms with Crippen LogP contribution in [0.4, 0.5) is 0 Å². The van der Waals surface area contributed by atoms with Gasteiger partial charge in [-0.05, 0) is 100 Å². The Kier molecular flexibility index (Phi) is 7.22. The van der Waals surface area contributed by atoms with Gasteiger partial charge in [0, 0.05) is 16.7 Å². The zero-order valence-corrected chi connectivity index (χ0v) is 33.0. The molecule has 1 heterocycles. The van der Waals surface area contributed by atoms with Gasteiger partial charge in [0.15, 0.2) is 17.5 Å². The fraction of sp³-hybridized carbons (Fsp3) is 0.0172. The maximum Gasteiger partial charge on any atom is 0.164 e. The molecule has 2 aliphatic carbocycles. The summed E-state index contributed by atoms with van der Waals surface area (Å²) in [5.74, 6) is 1.93. The topological polar surface area (TPSA) is 38.7 Å². The van der Waals surface area contributed by atoms with E-state index < -0.39 is 5.41 Å². The lowest BCUT2D eigenvalue weighted by atomic mass is 9.69. The Morgan fingerprint density at radius 3 is 1.36 bits per heavy atom. The molecule has 282 valence electrons. The molecule has 0 amide bonds. The van der Waals surface area contributed by atoms with E-state index in [0.29, 0.717) is 17.5 Å². The molecule has 13 rings (SSSR count). The molecule has 0 saturated heterocycles. The summed E-state index contributed by atoms with van der Waals surface area (Å²) in [4.78, 5) is 15.7. The van der Waals surface area contributed by atoms with Crippen molar-refractivity contribution in [2.45, 2.75) is 5.41 Å². The van der Waals surface area contributed by atoms with E-state index in [9.17, 15) is 0 Å². The van der Waals surface area contributed by atoms with Crippen molar-refractivity contribution in [1.82, 2.24) is 15.0 Å². The predicted molar refractivity (Wildman–Crippen MR) is 250 cm³/mol. The van der Waals surface area contributed by atoms with Crippen LogP contribution >= 0.6 is 0 Å². The molecule has 1 unspecified atom stereocenters. The minimum absolute atomic E-state index is 0.553. The average molecular weight is 774 g/mol. The van der Waals surface area contributed by atoms with E-state index in [1.165, 1.54) is 66.1 Å². The van der Waals surface area contributed by atoms with Crippen molar-refractivity contribution in [3.8, 4) is 67.5 Å². The van der Waals surface area contributed by atoms with Gasteiger partial charge >= 0.3 is 0 Å². The highest BCUT2D eigenvalue weighted by atomic mass is 15.0. The number of hydrogen-bond acceptors (Lipinski definition) is 3. The standard InChI is InChI=1S/C58H35N3/c1-3-18-36(19-4-1)55-59-56(37-20-5-2-6-21-37)61-57(60-55)48-35-39-23-8-7-22-38(39)34-47(48)43-30-17-33-51-52(43)45-28-13-15-31-49(45)58(51)50-32-16-14-29-46(50)53-42-26-11-9-24-40(42)41-25-10-12-27-44(41)54(53)58/h1-35H. The largest absolute Gasteiger partial charge is 0.208 e. The normalized spacial score (nSPS) is 14.6. The van der Waals surface area contributed by atoms with E-state index in [-0.39, 0.29) is 0 Å². The Morgan fingerprint density at radius 2 is 0.721 bits per heavy atom. The molecule has 0 N–H and O–H groups in total. The molecule has 0 aliphatic heterocycles. The molecule has 2 aliphatic rings. The van der Waals surface area contributed by atoms with Gasteiger partial charge in [-0.3, -0.25) is 0 Å². The number of rotatable bonds is 4. The summed E-state index contributed by atoms with van der Waals surface area (Å²) in [7, 11) is 0. The average Bonchev–Trinajstić information content (AvgIpc) is 3.82. The molecule has 3 nitrogen and oxygen atoms in total.